The van der Waals surface area contributed by atoms with Crippen LogP contribution in [-0.2, 0) is 9.53 Å². The molecule has 114 valence electrons. The van der Waals surface area contributed by atoms with Crippen molar-refractivity contribution in [3.63, 3.8) is 0 Å². The summed E-state index contributed by atoms with van der Waals surface area (Å²) in [5, 5.41) is 6.04. The second-order valence-corrected chi connectivity index (χ2v) is 6.48. The molecule has 1 fully saturated rings. The highest BCUT2D eigenvalue weighted by Crippen LogP contribution is 2.31. The Kier molecular flexibility index (Phi) is 4.42. The minimum absolute atomic E-state index is 0.0153. The highest BCUT2D eigenvalue weighted by molar-refractivity contribution is 6.31. The lowest BCUT2D eigenvalue weighted by atomic mass is 9.97. The Hall–Kier alpha value is -1.75. The van der Waals surface area contributed by atoms with E-state index in [1.807, 2.05) is 0 Å². The topological polar surface area (TPSA) is 67.4 Å². The first kappa shape index (κ1) is 15.6. The van der Waals surface area contributed by atoms with Gasteiger partial charge in [0.25, 0.3) is 0 Å². The smallest absolute Gasteiger partial charge is 0.412 e. The number of benzene rings is 1. The number of nitrogens with one attached hydrogen (secondary N) is 2. The van der Waals surface area contributed by atoms with Crippen LogP contribution in [0.15, 0.2) is 18.2 Å². The van der Waals surface area contributed by atoms with E-state index in [9.17, 15) is 9.59 Å². The predicted molar refractivity (Wildman–Crippen MR) is 81.7 cm³/mol. The molecule has 1 saturated heterocycles. The van der Waals surface area contributed by atoms with Gasteiger partial charge in [-0.2, -0.15) is 0 Å². The van der Waals surface area contributed by atoms with Crippen LogP contribution in [0.1, 0.15) is 38.7 Å². The van der Waals surface area contributed by atoms with Gasteiger partial charge in [-0.1, -0.05) is 11.6 Å². The zero-order valence-electron chi connectivity index (χ0n) is 12.3. The fourth-order valence-corrected chi connectivity index (χ4v) is 2.45. The van der Waals surface area contributed by atoms with E-state index >= 15 is 0 Å². The maximum absolute atomic E-state index is 11.8. The molecule has 21 heavy (non-hydrogen) atoms. The van der Waals surface area contributed by atoms with Crippen molar-refractivity contribution in [2.75, 3.05) is 11.9 Å². The molecule has 2 N–H and O–H groups in total. The molecule has 2 amide bonds. The minimum Gasteiger partial charge on any atom is -0.444 e. The van der Waals surface area contributed by atoms with Crippen LogP contribution in [0.4, 0.5) is 10.5 Å². The Bertz CT molecular complexity index is 567. The van der Waals surface area contributed by atoms with Crippen LogP contribution in [0.2, 0.25) is 5.02 Å². The lowest BCUT2D eigenvalue weighted by Gasteiger charge is -2.20. The van der Waals surface area contributed by atoms with E-state index in [0.717, 1.165) is 5.56 Å². The van der Waals surface area contributed by atoms with E-state index in [1.54, 1.807) is 39.0 Å². The van der Waals surface area contributed by atoms with Gasteiger partial charge in [0.15, 0.2) is 0 Å². The first-order valence-corrected chi connectivity index (χ1v) is 7.18. The first-order chi connectivity index (χ1) is 9.74. The number of rotatable bonds is 2. The van der Waals surface area contributed by atoms with Crippen LogP contribution in [0.25, 0.3) is 0 Å². The van der Waals surface area contributed by atoms with Crippen molar-refractivity contribution in [2.45, 2.75) is 38.7 Å². The SMILES string of the molecule is CC(C)(C)OC(=O)Nc1ccc(Cl)c(C2CNC(=O)C2)c1. The molecule has 0 bridgehead atoms. The summed E-state index contributed by atoms with van der Waals surface area (Å²) in [6, 6.07) is 5.21. The van der Waals surface area contributed by atoms with E-state index in [0.29, 0.717) is 23.7 Å². The third-order valence-corrected chi connectivity index (χ3v) is 3.40. The summed E-state index contributed by atoms with van der Waals surface area (Å²) >= 11 is 6.18. The van der Waals surface area contributed by atoms with E-state index in [1.165, 1.54) is 0 Å². The Labute approximate surface area is 129 Å². The molecular weight excluding hydrogens is 292 g/mol. The average Bonchev–Trinajstić information content (AvgIpc) is 2.76. The van der Waals surface area contributed by atoms with Crippen molar-refractivity contribution in [3.05, 3.63) is 28.8 Å². The van der Waals surface area contributed by atoms with E-state index in [2.05, 4.69) is 10.6 Å². The van der Waals surface area contributed by atoms with E-state index in [4.69, 9.17) is 16.3 Å². The summed E-state index contributed by atoms with van der Waals surface area (Å²) in [6.07, 6.45) is -0.105. The summed E-state index contributed by atoms with van der Waals surface area (Å²) in [5.74, 6) is 0.0481. The molecule has 1 atom stereocenters. The summed E-state index contributed by atoms with van der Waals surface area (Å²) in [4.78, 5) is 23.1. The highest BCUT2D eigenvalue weighted by Gasteiger charge is 2.25. The zero-order chi connectivity index (χ0) is 15.6. The van der Waals surface area contributed by atoms with E-state index < -0.39 is 11.7 Å². The molecule has 5 nitrogen and oxygen atoms in total. The van der Waals surface area contributed by atoms with Gasteiger partial charge in [0, 0.05) is 29.6 Å². The molecule has 0 aliphatic carbocycles. The van der Waals surface area contributed by atoms with Gasteiger partial charge < -0.3 is 10.1 Å². The van der Waals surface area contributed by atoms with Gasteiger partial charge in [-0.05, 0) is 44.5 Å². The van der Waals surface area contributed by atoms with Gasteiger partial charge in [0.1, 0.15) is 5.60 Å². The van der Waals surface area contributed by atoms with Gasteiger partial charge in [-0.3, -0.25) is 10.1 Å². The normalized spacial score (nSPS) is 18.3. The first-order valence-electron chi connectivity index (χ1n) is 6.81. The number of hydrogen-bond donors (Lipinski definition) is 2. The molecule has 1 aromatic carbocycles. The summed E-state index contributed by atoms with van der Waals surface area (Å²) in [6.45, 7) is 5.97. The molecule has 1 aromatic rings. The summed E-state index contributed by atoms with van der Waals surface area (Å²) in [7, 11) is 0. The molecular formula is C15H19ClN2O3. The number of amides is 2. The maximum Gasteiger partial charge on any atom is 0.412 e. The third kappa shape index (κ3) is 4.36. The fourth-order valence-electron chi connectivity index (χ4n) is 2.18. The fraction of sp³-hybridized carbons (Fsp3) is 0.467. The number of ether oxygens (including phenoxy) is 1. The van der Waals surface area contributed by atoms with Crippen molar-refractivity contribution < 1.29 is 14.3 Å². The average molecular weight is 311 g/mol. The number of halogens is 1. The van der Waals surface area contributed by atoms with Crippen molar-refractivity contribution in [2.24, 2.45) is 0 Å². The quantitative estimate of drug-likeness (QED) is 0.880. The van der Waals surface area contributed by atoms with Gasteiger partial charge in [0.05, 0.1) is 0 Å². The molecule has 0 radical (unpaired) electrons. The molecule has 6 heteroatoms. The second kappa shape index (κ2) is 5.93. The van der Waals surface area contributed by atoms with Crippen LogP contribution >= 0.6 is 11.6 Å². The highest BCUT2D eigenvalue weighted by atomic mass is 35.5. The maximum atomic E-state index is 11.8. The minimum atomic E-state index is -0.554. The lowest BCUT2D eigenvalue weighted by molar-refractivity contribution is -0.119. The zero-order valence-corrected chi connectivity index (χ0v) is 13.1. The molecule has 0 aromatic heterocycles. The Morgan fingerprint density at radius 1 is 1.43 bits per heavy atom. The lowest BCUT2D eigenvalue weighted by Crippen LogP contribution is -2.27. The molecule has 1 heterocycles. The molecule has 1 aliphatic rings. The van der Waals surface area contributed by atoms with Crippen LogP contribution in [0.3, 0.4) is 0 Å². The van der Waals surface area contributed by atoms with Crippen LogP contribution in [0.5, 0.6) is 0 Å². The number of hydrogen-bond acceptors (Lipinski definition) is 3. The molecule has 1 unspecified atom stereocenters. The largest absolute Gasteiger partial charge is 0.444 e. The molecule has 2 rings (SSSR count). The molecule has 0 saturated carbocycles. The van der Waals surface area contributed by atoms with Crippen molar-refractivity contribution in [3.8, 4) is 0 Å². The summed E-state index contributed by atoms with van der Waals surface area (Å²) in [5.41, 5.74) is 0.896. The number of anilines is 1. The van der Waals surface area contributed by atoms with E-state index in [-0.39, 0.29) is 11.8 Å². The van der Waals surface area contributed by atoms with Crippen LogP contribution in [-0.4, -0.2) is 24.1 Å². The monoisotopic (exact) mass is 310 g/mol. The summed E-state index contributed by atoms with van der Waals surface area (Å²) < 4.78 is 5.20. The van der Waals surface area contributed by atoms with Gasteiger partial charge >= 0.3 is 6.09 Å². The van der Waals surface area contributed by atoms with Crippen molar-refractivity contribution in [1.82, 2.24) is 5.32 Å². The Morgan fingerprint density at radius 3 is 2.71 bits per heavy atom. The van der Waals surface area contributed by atoms with Crippen molar-refractivity contribution >= 4 is 29.3 Å². The van der Waals surface area contributed by atoms with Gasteiger partial charge in [0.2, 0.25) is 5.91 Å². The Morgan fingerprint density at radius 2 is 2.14 bits per heavy atom. The predicted octanol–water partition coefficient (Wildman–Crippen LogP) is 3.29. The molecule has 1 aliphatic heterocycles. The molecule has 0 spiro atoms. The number of carbonyl (C=O) groups is 2. The third-order valence-electron chi connectivity index (χ3n) is 3.06. The van der Waals surface area contributed by atoms with Gasteiger partial charge in [-0.25, -0.2) is 4.79 Å². The van der Waals surface area contributed by atoms with Crippen LogP contribution < -0.4 is 10.6 Å². The number of carbonyl (C=O) groups excluding carboxylic acids is 2. The van der Waals surface area contributed by atoms with Crippen molar-refractivity contribution in [1.29, 1.82) is 0 Å². The standard InChI is InChI=1S/C15H19ClN2O3/c1-15(2,3)21-14(20)18-10-4-5-12(16)11(7-10)9-6-13(19)17-8-9/h4-5,7,9H,6,8H2,1-3H3,(H,17,19)(H,18,20). The second-order valence-electron chi connectivity index (χ2n) is 6.07. The Balaban J connectivity index is 2.11. The van der Waals surface area contributed by atoms with Crippen LogP contribution in [0, 0.1) is 0 Å². The van der Waals surface area contributed by atoms with Gasteiger partial charge in [-0.15, -0.1) is 0 Å².